The molecule has 3 aliphatic heterocycles. The van der Waals surface area contributed by atoms with Crippen molar-refractivity contribution in [3.63, 3.8) is 0 Å². The van der Waals surface area contributed by atoms with E-state index in [1.165, 1.54) is 37.1 Å². The molecule has 0 radical (unpaired) electrons. The predicted molar refractivity (Wildman–Crippen MR) is 107 cm³/mol. The zero-order valence-electron chi connectivity index (χ0n) is 16.0. The summed E-state index contributed by atoms with van der Waals surface area (Å²) in [5, 5.41) is 2.84. The molecule has 5 heteroatoms. The van der Waals surface area contributed by atoms with Crippen molar-refractivity contribution in [3.8, 4) is 0 Å². The Bertz CT molecular complexity index is 762. The summed E-state index contributed by atoms with van der Waals surface area (Å²) >= 11 is 0. The van der Waals surface area contributed by atoms with Crippen molar-refractivity contribution in [2.24, 2.45) is 5.92 Å². The van der Waals surface area contributed by atoms with E-state index in [0.29, 0.717) is 6.04 Å². The van der Waals surface area contributed by atoms with E-state index in [0.717, 1.165) is 31.2 Å². The number of piperidine rings is 1. The topological polar surface area (TPSA) is 48.5 Å². The van der Waals surface area contributed by atoms with E-state index in [-0.39, 0.29) is 5.91 Å². The lowest BCUT2D eigenvalue weighted by molar-refractivity contribution is -0.114. The Balaban J connectivity index is 1.39. The number of rotatable bonds is 5. The van der Waals surface area contributed by atoms with E-state index < -0.39 is 0 Å². The monoisotopic (exact) mass is 364 g/mol. The van der Waals surface area contributed by atoms with Crippen LogP contribution < -0.4 is 5.32 Å². The van der Waals surface area contributed by atoms with Gasteiger partial charge in [0.15, 0.2) is 0 Å². The summed E-state index contributed by atoms with van der Waals surface area (Å²) in [5.41, 5.74) is 3.49. The van der Waals surface area contributed by atoms with Gasteiger partial charge in [-0.05, 0) is 48.1 Å². The van der Waals surface area contributed by atoms with Crippen LogP contribution in [0.5, 0.6) is 0 Å². The number of benzene rings is 1. The third-order valence-corrected chi connectivity index (χ3v) is 5.69. The van der Waals surface area contributed by atoms with Crippen molar-refractivity contribution < 1.29 is 4.79 Å². The molecule has 1 N–H and O–H groups in total. The lowest BCUT2D eigenvalue weighted by Gasteiger charge is -2.36. The molecule has 0 saturated carbocycles. The molecule has 3 saturated heterocycles. The highest BCUT2D eigenvalue weighted by atomic mass is 16.1. The van der Waals surface area contributed by atoms with Gasteiger partial charge in [-0.1, -0.05) is 18.2 Å². The molecule has 1 amide bonds. The molecule has 27 heavy (non-hydrogen) atoms. The molecular weight excluding hydrogens is 336 g/mol. The number of aromatic nitrogens is 1. The van der Waals surface area contributed by atoms with Crippen molar-refractivity contribution in [1.29, 1.82) is 0 Å². The minimum absolute atomic E-state index is 0.0266. The molecule has 3 aliphatic rings. The average molecular weight is 364 g/mol. The Hall–Kier alpha value is -2.24. The minimum atomic E-state index is -0.0266. The number of hydrogen-bond donors (Lipinski definition) is 1. The third kappa shape index (κ3) is 4.73. The van der Waals surface area contributed by atoms with Crippen LogP contribution in [0.3, 0.4) is 0 Å². The first kappa shape index (κ1) is 18.1. The summed E-state index contributed by atoms with van der Waals surface area (Å²) in [5.74, 6) is 0.723. The summed E-state index contributed by atoms with van der Waals surface area (Å²) in [4.78, 5) is 20.7. The maximum Gasteiger partial charge on any atom is 0.221 e. The Morgan fingerprint density at radius 1 is 1.07 bits per heavy atom. The predicted octanol–water partition coefficient (Wildman–Crippen LogP) is 3.14. The molecule has 4 heterocycles. The van der Waals surface area contributed by atoms with Gasteiger partial charge in [-0.3, -0.25) is 19.6 Å². The van der Waals surface area contributed by atoms with Crippen LogP contribution in [0.1, 0.15) is 30.9 Å². The summed E-state index contributed by atoms with van der Waals surface area (Å²) in [6, 6.07) is 13.1. The van der Waals surface area contributed by atoms with Gasteiger partial charge in [0.1, 0.15) is 0 Å². The number of fused-ring (bicyclic) bond motifs is 4. The Kier molecular flexibility index (Phi) is 5.50. The smallest absolute Gasteiger partial charge is 0.221 e. The van der Waals surface area contributed by atoms with Crippen LogP contribution in [-0.4, -0.2) is 46.4 Å². The van der Waals surface area contributed by atoms with Crippen LogP contribution in [0.4, 0.5) is 5.69 Å². The van der Waals surface area contributed by atoms with Crippen molar-refractivity contribution in [3.05, 3.63) is 59.9 Å². The van der Waals surface area contributed by atoms with Crippen LogP contribution in [0.25, 0.3) is 0 Å². The van der Waals surface area contributed by atoms with Crippen molar-refractivity contribution >= 4 is 11.6 Å². The van der Waals surface area contributed by atoms with Gasteiger partial charge in [-0.15, -0.1) is 0 Å². The van der Waals surface area contributed by atoms with Crippen LogP contribution in [0.2, 0.25) is 0 Å². The molecule has 0 unspecified atom stereocenters. The van der Waals surface area contributed by atoms with E-state index in [1.807, 2.05) is 30.6 Å². The number of nitrogens with zero attached hydrogens (tertiary/aromatic N) is 3. The number of amides is 1. The molecule has 2 atom stereocenters. The Morgan fingerprint density at radius 3 is 2.67 bits per heavy atom. The normalized spacial score (nSPS) is 23.1. The van der Waals surface area contributed by atoms with E-state index in [1.54, 1.807) is 6.92 Å². The van der Waals surface area contributed by atoms with Gasteiger partial charge in [0.2, 0.25) is 5.91 Å². The number of hydrogen-bond acceptors (Lipinski definition) is 4. The number of pyridine rings is 1. The molecule has 5 nitrogen and oxygen atoms in total. The van der Waals surface area contributed by atoms with Gasteiger partial charge < -0.3 is 5.32 Å². The van der Waals surface area contributed by atoms with Crippen molar-refractivity contribution in [1.82, 2.24) is 14.8 Å². The zero-order chi connectivity index (χ0) is 18.6. The summed E-state index contributed by atoms with van der Waals surface area (Å²) in [7, 11) is 0. The number of nitrogens with one attached hydrogen (secondary N) is 1. The highest BCUT2D eigenvalue weighted by Crippen LogP contribution is 2.30. The maximum atomic E-state index is 11.2. The fourth-order valence-corrected chi connectivity index (χ4v) is 4.48. The second-order valence-electron chi connectivity index (χ2n) is 7.96. The first-order valence-electron chi connectivity index (χ1n) is 9.87. The van der Waals surface area contributed by atoms with Gasteiger partial charge in [0.05, 0.1) is 0 Å². The Labute approximate surface area is 161 Å². The third-order valence-electron chi connectivity index (χ3n) is 5.69. The van der Waals surface area contributed by atoms with Crippen LogP contribution >= 0.6 is 0 Å². The maximum absolute atomic E-state index is 11.2. The fraction of sp³-hybridized carbons (Fsp3) is 0.455. The Morgan fingerprint density at radius 2 is 1.93 bits per heavy atom. The molecule has 3 fully saturated rings. The molecule has 0 aliphatic carbocycles. The lowest BCUT2D eigenvalue weighted by atomic mass is 9.94. The molecule has 1 aromatic carbocycles. The second kappa shape index (κ2) is 8.19. The molecule has 2 bridgehead atoms. The number of carbonyl (C=O) groups is 1. The molecule has 0 spiro atoms. The highest BCUT2D eigenvalue weighted by molar-refractivity contribution is 5.88. The average Bonchev–Trinajstić information content (AvgIpc) is 2.94. The molecular formula is C22H28N4O. The highest BCUT2D eigenvalue weighted by Gasteiger charge is 2.34. The quantitative estimate of drug-likeness (QED) is 0.885. The van der Waals surface area contributed by atoms with Gasteiger partial charge in [0.25, 0.3) is 0 Å². The van der Waals surface area contributed by atoms with Crippen molar-refractivity contribution in [2.75, 3.05) is 25.0 Å². The summed E-state index contributed by atoms with van der Waals surface area (Å²) < 4.78 is 0. The molecule has 142 valence electrons. The van der Waals surface area contributed by atoms with E-state index >= 15 is 0 Å². The SMILES string of the molecule is CC(=O)Nc1ccc(CN2C[C@H]3CC[C@@H]2CN(Cc2cccnc2)C3)cc1. The zero-order valence-corrected chi connectivity index (χ0v) is 16.0. The van der Waals surface area contributed by atoms with Gasteiger partial charge in [-0.2, -0.15) is 0 Å². The first-order valence-corrected chi connectivity index (χ1v) is 9.87. The molecule has 1 aromatic heterocycles. The minimum Gasteiger partial charge on any atom is -0.326 e. The van der Waals surface area contributed by atoms with Crippen molar-refractivity contribution in [2.45, 2.75) is 38.9 Å². The van der Waals surface area contributed by atoms with E-state index in [2.05, 4.69) is 38.3 Å². The second-order valence-corrected chi connectivity index (χ2v) is 7.96. The first-order chi connectivity index (χ1) is 13.2. The van der Waals surface area contributed by atoms with Crippen LogP contribution in [0.15, 0.2) is 48.8 Å². The molecule has 2 aromatic rings. The standard InChI is InChI=1S/C22H28N4O/c1-17(27)24-21-7-4-18(5-8-21)14-26-15-20-6-9-22(26)16-25(13-20)12-19-3-2-10-23-11-19/h2-5,7-8,10-11,20,22H,6,9,12-16H2,1H3,(H,24,27)/t20-,22+/m0/s1. The molecule has 5 rings (SSSR count). The lowest BCUT2D eigenvalue weighted by Crippen LogP contribution is -2.43. The number of carbonyl (C=O) groups excluding carboxylic acids is 1. The van der Waals surface area contributed by atoms with Gasteiger partial charge in [0, 0.05) is 63.8 Å². The van der Waals surface area contributed by atoms with Gasteiger partial charge >= 0.3 is 0 Å². The fourth-order valence-electron chi connectivity index (χ4n) is 4.48. The van der Waals surface area contributed by atoms with E-state index in [4.69, 9.17) is 0 Å². The summed E-state index contributed by atoms with van der Waals surface area (Å²) in [6.45, 7) is 7.03. The van der Waals surface area contributed by atoms with E-state index in [9.17, 15) is 4.79 Å². The van der Waals surface area contributed by atoms with Gasteiger partial charge in [-0.25, -0.2) is 0 Å². The largest absolute Gasteiger partial charge is 0.326 e. The summed E-state index contributed by atoms with van der Waals surface area (Å²) in [6.07, 6.45) is 6.46. The van der Waals surface area contributed by atoms with Crippen LogP contribution in [0, 0.1) is 5.92 Å². The number of anilines is 1. The van der Waals surface area contributed by atoms with Crippen LogP contribution in [-0.2, 0) is 17.9 Å².